The topological polar surface area (TPSA) is 152 Å². The van der Waals surface area contributed by atoms with Gasteiger partial charge in [0, 0.05) is 59.8 Å². The Labute approximate surface area is 255 Å². The number of hydrogen-bond acceptors (Lipinski definition) is 8. The number of methoxy groups -OCH3 is 1. The van der Waals surface area contributed by atoms with Gasteiger partial charge in [-0.15, -0.1) is 0 Å². The minimum absolute atomic E-state index is 0.103. The van der Waals surface area contributed by atoms with E-state index in [0.717, 1.165) is 24.1 Å². The number of hydrogen-bond donors (Lipinski definition) is 3. The van der Waals surface area contributed by atoms with E-state index in [9.17, 15) is 18.0 Å². The first kappa shape index (κ1) is 29.6. The lowest BCUT2D eigenvalue weighted by atomic mass is 9.98. The number of pyridine rings is 3. The van der Waals surface area contributed by atoms with Crippen molar-refractivity contribution in [2.75, 3.05) is 13.7 Å². The number of fused-ring (bicyclic) bond motifs is 3. The molecule has 0 aliphatic heterocycles. The van der Waals surface area contributed by atoms with Gasteiger partial charge in [-0.05, 0) is 66.6 Å². The lowest BCUT2D eigenvalue weighted by Gasteiger charge is -2.19. The molecule has 2 aliphatic carbocycles. The van der Waals surface area contributed by atoms with Crippen LogP contribution in [0.2, 0.25) is 0 Å². The Morgan fingerprint density at radius 2 is 1.70 bits per heavy atom. The minimum Gasteiger partial charge on any atom is -0.481 e. The smallest absolute Gasteiger partial charge is 0.253 e. The second-order valence-corrected chi connectivity index (χ2v) is 13.4. The van der Waals surface area contributed by atoms with Crippen molar-refractivity contribution in [1.29, 1.82) is 0 Å². The number of carbonyl (C=O) groups excluding carboxylic acids is 2. The number of carbonyl (C=O) groups is 2. The van der Waals surface area contributed by atoms with Crippen LogP contribution in [0.1, 0.15) is 88.6 Å². The zero-order valence-corrected chi connectivity index (χ0v) is 25.5. The zero-order valence-electron chi connectivity index (χ0n) is 24.7. The summed E-state index contributed by atoms with van der Waals surface area (Å²) in [6, 6.07) is 8.93. The molecule has 0 bridgehead atoms. The lowest BCUT2D eigenvalue weighted by molar-refractivity contribution is 0.0928. The van der Waals surface area contributed by atoms with Crippen LogP contribution in [0, 0.1) is 5.92 Å². The molecule has 3 aromatic heterocycles. The van der Waals surface area contributed by atoms with Gasteiger partial charge < -0.3 is 15.4 Å². The van der Waals surface area contributed by atoms with E-state index in [-0.39, 0.29) is 29.2 Å². The van der Waals surface area contributed by atoms with E-state index in [2.05, 4.69) is 25.3 Å². The Morgan fingerprint density at radius 1 is 0.955 bits per heavy atom. The zero-order chi connectivity index (χ0) is 31.0. The molecule has 228 valence electrons. The monoisotopic (exact) mass is 614 g/mol. The predicted molar refractivity (Wildman–Crippen MR) is 164 cm³/mol. The maximum atomic E-state index is 13.8. The molecule has 1 saturated carbocycles. The first-order valence-electron chi connectivity index (χ1n) is 14.6. The van der Waals surface area contributed by atoms with Gasteiger partial charge in [-0.2, -0.15) is 0 Å². The summed E-state index contributed by atoms with van der Waals surface area (Å²) in [5, 5.41) is 7.31. The highest BCUT2D eigenvalue weighted by molar-refractivity contribution is 7.89. The molecule has 44 heavy (non-hydrogen) atoms. The van der Waals surface area contributed by atoms with Crippen LogP contribution >= 0.6 is 0 Å². The lowest BCUT2D eigenvalue weighted by Crippen LogP contribution is -2.30. The Balaban J connectivity index is 1.46. The van der Waals surface area contributed by atoms with Crippen LogP contribution in [0.25, 0.3) is 10.8 Å². The molecule has 0 saturated heterocycles. The predicted octanol–water partition coefficient (Wildman–Crippen LogP) is 4.19. The molecule has 11 nitrogen and oxygen atoms in total. The highest BCUT2D eigenvalue weighted by Crippen LogP contribution is 2.47. The molecule has 3 heterocycles. The highest BCUT2D eigenvalue weighted by atomic mass is 32.2. The summed E-state index contributed by atoms with van der Waals surface area (Å²) < 4.78 is 35.4. The van der Waals surface area contributed by atoms with E-state index in [1.165, 1.54) is 19.5 Å². The fraction of sp³-hybridized carbons (Fsp3) is 0.344. The average Bonchev–Trinajstić information content (AvgIpc) is 3.83. The number of ether oxygens (including phenoxy) is 1. The first-order valence-corrected chi connectivity index (χ1v) is 16.1. The van der Waals surface area contributed by atoms with Crippen LogP contribution in [0.5, 0.6) is 5.88 Å². The summed E-state index contributed by atoms with van der Waals surface area (Å²) >= 11 is 0. The van der Waals surface area contributed by atoms with Crippen molar-refractivity contribution in [1.82, 2.24) is 30.3 Å². The first-order chi connectivity index (χ1) is 21.1. The van der Waals surface area contributed by atoms with Crippen molar-refractivity contribution >= 4 is 32.6 Å². The standard InChI is InChI=1S/C32H34N6O5S/c1-18(2)14-36-44(41,42)28-12-23-26(37-32(40)21-8-9-29(43-3)35-16-21)13-27(38-31(39)20-5-4-10-33-15-20)30(23)24-17-34-25(11-22(24)28)19-6-7-19/h4-5,8-12,15-19,26-27,36H,6-7,13-14H2,1-3H3,(H,37,40)(H,38,39). The van der Waals surface area contributed by atoms with E-state index in [1.54, 1.807) is 42.7 Å². The molecule has 1 aromatic carbocycles. The van der Waals surface area contributed by atoms with Gasteiger partial charge in [-0.3, -0.25) is 19.6 Å². The van der Waals surface area contributed by atoms with E-state index < -0.39 is 22.1 Å². The van der Waals surface area contributed by atoms with Crippen LogP contribution in [0.3, 0.4) is 0 Å². The average molecular weight is 615 g/mol. The van der Waals surface area contributed by atoms with Gasteiger partial charge in [0.25, 0.3) is 11.8 Å². The molecule has 2 atom stereocenters. The Bertz CT molecular complexity index is 1830. The Hall–Kier alpha value is -4.42. The van der Waals surface area contributed by atoms with E-state index in [1.807, 2.05) is 19.9 Å². The van der Waals surface area contributed by atoms with Gasteiger partial charge in [0.2, 0.25) is 15.9 Å². The van der Waals surface area contributed by atoms with E-state index in [0.29, 0.717) is 45.7 Å². The van der Waals surface area contributed by atoms with E-state index in [4.69, 9.17) is 9.72 Å². The summed E-state index contributed by atoms with van der Waals surface area (Å²) in [5.74, 6) is 0.0648. The molecule has 2 unspecified atom stereocenters. The summed E-state index contributed by atoms with van der Waals surface area (Å²) in [6.45, 7) is 4.15. The second-order valence-electron chi connectivity index (χ2n) is 11.7. The number of amides is 2. The number of sulfonamides is 1. The van der Waals surface area contributed by atoms with Crippen molar-refractivity contribution in [3.8, 4) is 5.88 Å². The second kappa shape index (κ2) is 11.9. The van der Waals surface area contributed by atoms with E-state index >= 15 is 0 Å². The number of benzene rings is 1. The SMILES string of the molecule is COc1ccc(C(=O)NC2CC(NC(=O)c3cccnc3)c3c2cc(S(=O)(=O)NCC(C)C)c2cc(C4CC4)ncc32)cn1. The van der Waals surface area contributed by atoms with Gasteiger partial charge in [-0.25, -0.2) is 18.1 Å². The van der Waals surface area contributed by atoms with Crippen molar-refractivity contribution in [2.45, 2.75) is 56.0 Å². The summed E-state index contributed by atoms with van der Waals surface area (Å²) in [4.78, 5) is 39.7. The molecule has 0 spiro atoms. The Morgan fingerprint density at radius 3 is 2.34 bits per heavy atom. The molecule has 0 radical (unpaired) electrons. The van der Waals surface area contributed by atoms with Gasteiger partial charge in [0.1, 0.15) is 0 Å². The highest BCUT2D eigenvalue weighted by Gasteiger charge is 2.38. The fourth-order valence-electron chi connectivity index (χ4n) is 5.56. The van der Waals surface area contributed by atoms with Crippen LogP contribution in [0.15, 0.2) is 66.1 Å². The van der Waals surface area contributed by atoms with Crippen LogP contribution < -0.4 is 20.1 Å². The number of rotatable bonds is 10. The number of nitrogens with zero attached hydrogens (tertiary/aromatic N) is 3. The quantitative estimate of drug-likeness (QED) is 0.241. The molecule has 3 N–H and O–H groups in total. The third-order valence-corrected chi connectivity index (χ3v) is 9.45. The van der Waals surface area contributed by atoms with Crippen molar-refractivity contribution < 1.29 is 22.7 Å². The molecule has 2 aliphatic rings. The normalized spacial score (nSPS) is 17.8. The molecule has 2 amide bonds. The Kier molecular flexibility index (Phi) is 8.04. The molecular weight excluding hydrogens is 580 g/mol. The van der Waals surface area contributed by atoms with Gasteiger partial charge in [0.15, 0.2) is 0 Å². The van der Waals surface area contributed by atoms with Gasteiger partial charge >= 0.3 is 0 Å². The molecule has 6 rings (SSSR count). The molecule has 12 heteroatoms. The minimum atomic E-state index is -3.93. The van der Waals surface area contributed by atoms with Crippen molar-refractivity contribution in [3.63, 3.8) is 0 Å². The maximum Gasteiger partial charge on any atom is 0.253 e. The van der Waals surface area contributed by atoms with Crippen LogP contribution in [-0.2, 0) is 10.0 Å². The third kappa shape index (κ3) is 6.00. The van der Waals surface area contributed by atoms with Crippen molar-refractivity contribution in [2.24, 2.45) is 5.92 Å². The van der Waals surface area contributed by atoms with Crippen LogP contribution in [0.4, 0.5) is 0 Å². The molecule has 4 aromatic rings. The fourth-order valence-corrected chi connectivity index (χ4v) is 7.01. The van der Waals surface area contributed by atoms with Gasteiger partial charge in [0.05, 0.1) is 35.2 Å². The third-order valence-electron chi connectivity index (χ3n) is 7.98. The summed E-state index contributed by atoms with van der Waals surface area (Å²) in [5.41, 5.74) is 2.89. The van der Waals surface area contributed by atoms with Gasteiger partial charge in [-0.1, -0.05) is 13.8 Å². The van der Waals surface area contributed by atoms with Crippen LogP contribution in [-0.4, -0.2) is 48.8 Å². The van der Waals surface area contributed by atoms with Crippen molar-refractivity contribution in [3.05, 3.63) is 89.1 Å². The largest absolute Gasteiger partial charge is 0.481 e. The summed E-state index contributed by atoms with van der Waals surface area (Å²) in [6.07, 6.45) is 8.53. The number of aromatic nitrogens is 3. The molecular formula is C32H34N6O5S. The number of nitrogens with one attached hydrogen (secondary N) is 3. The molecule has 1 fully saturated rings. The maximum absolute atomic E-state index is 13.8. The summed E-state index contributed by atoms with van der Waals surface area (Å²) in [7, 11) is -2.44.